The molecule has 0 amide bonds. The van der Waals surface area contributed by atoms with Crippen molar-refractivity contribution in [2.75, 3.05) is 0 Å². The second-order valence-corrected chi connectivity index (χ2v) is 3.64. The Bertz CT molecular complexity index is 420. The van der Waals surface area contributed by atoms with Crippen LogP contribution in [-0.4, -0.2) is 6.18 Å². The summed E-state index contributed by atoms with van der Waals surface area (Å²) in [4.78, 5) is 0. The van der Waals surface area contributed by atoms with Gasteiger partial charge < -0.3 is 5.73 Å². The molecule has 1 rings (SSSR count). The molecule has 1 nitrogen and oxygen atoms in total. The summed E-state index contributed by atoms with van der Waals surface area (Å²) in [5.41, 5.74) is 3.92. The molecule has 0 fully saturated rings. The van der Waals surface area contributed by atoms with E-state index in [2.05, 4.69) is 0 Å². The van der Waals surface area contributed by atoms with E-state index in [0.29, 0.717) is 0 Å². The number of benzene rings is 1. The lowest BCUT2D eigenvalue weighted by Gasteiger charge is -2.15. The van der Waals surface area contributed by atoms with Gasteiger partial charge in [0.15, 0.2) is 23.3 Å². The molecule has 1 atom stereocenters. The second kappa shape index (κ2) is 6.42. The molecule has 0 aliphatic rings. The Morgan fingerprint density at radius 3 is 1.79 bits per heavy atom. The van der Waals surface area contributed by atoms with Gasteiger partial charge in [0.2, 0.25) is 0 Å². The van der Waals surface area contributed by atoms with Crippen LogP contribution >= 0.6 is 12.4 Å². The van der Waals surface area contributed by atoms with Crippen LogP contribution < -0.4 is 5.73 Å². The van der Waals surface area contributed by atoms with E-state index in [1.54, 1.807) is 0 Å². The Balaban J connectivity index is 0.00000324. The van der Waals surface area contributed by atoms with Gasteiger partial charge in [-0.25, -0.2) is 17.6 Å². The monoisotopic (exact) mass is 311 g/mol. The van der Waals surface area contributed by atoms with Crippen molar-refractivity contribution in [3.05, 3.63) is 34.9 Å². The van der Waals surface area contributed by atoms with Gasteiger partial charge in [-0.3, -0.25) is 0 Å². The number of hydrogen-bond acceptors (Lipinski definition) is 1. The van der Waals surface area contributed by atoms with Gasteiger partial charge in [0.05, 0.1) is 0 Å². The molecule has 0 spiro atoms. The van der Waals surface area contributed by atoms with Gasteiger partial charge in [-0.2, -0.15) is 13.2 Å². The predicted molar refractivity (Wildman–Crippen MR) is 55.7 cm³/mol. The average molecular weight is 312 g/mol. The molecule has 9 heteroatoms. The molecule has 0 saturated carbocycles. The Kier molecular flexibility index (Phi) is 6.08. The lowest BCUT2D eigenvalue weighted by Crippen LogP contribution is -2.19. The SMILES string of the molecule is Cl.N[C@H](CCC(F)(F)F)c1c(F)c(F)cc(F)c1F. The molecular formula is C10H9ClF7N. The standard InChI is InChI=1S/C10H8F7N.ClH/c11-4-3-5(12)9(14)7(8(4)13)6(18)1-2-10(15,16)17;/h3,6H,1-2,18H2;1H/t6-;/m1./s1. The summed E-state index contributed by atoms with van der Waals surface area (Å²) in [6, 6.07) is -1.82. The van der Waals surface area contributed by atoms with Crippen LogP contribution in [-0.2, 0) is 0 Å². The van der Waals surface area contributed by atoms with Crippen molar-refractivity contribution in [1.29, 1.82) is 0 Å². The molecule has 110 valence electrons. The molecule has 1 aromatic rings. The third-order valence-electron chi connectivity index (χ3n) is 2.26. The third-order valence-corrected chi connectivity index (χ3v) is 2.26. The Morgan fingerprint density at radius 1 is 1.00 bits per heavy atom. The van der Waals surface area contributed by atoms with Gasteiger partial charge >= 0.3 is 6.18 Å². The third kappa shape index (κ3) is 4.54. The molecule has 0 aromatic heterocycles. The Morgan fingerprint density at radius 2 is 1.42 bits per heavy atom. The van der Waals surface area contributed by atoms with E-state index < -0.39 is 53.9 Å². The van der Waals surface area contributed by atoms with Crippen molar-refractivity contribution in [2.45, 2.75) is 25.1 Å². The van der Waals surface area contributed by atoms with Crippen LogP contribution in [0.3, 0.4) is 0 Å². The number of halogens is 8. The lowest BCUT2D eigenvalue weighted by atomic mass is 10.0. The van der Waals surface area contributed by atoms with E-state index in [9.17, 15) is 30.7 Å². The molecular weight excluding hydrogens is 303 g/mol. The van der Waals surface area contributed by atoms with E-state index >= 15 is 0 Å². The maximum absolute atomic E-state index is 13.2. The van der Waals surface area contributed by atoms with Gasteiger partial charge in [-0.05, 0) is 6.42 Å². The summed E-state index contributed by atoms with van der Waals surface area (Å²) in [7, 11) is 0. The second-order valence-electron chi connectivity index (χ2n) is 3.64. The first-order valence-electron chi connectivity index (χ1n) is 4.78. The van der Waals surface area contributed by atoms with Crippen molar-refractivity contribution in [1.82, 2.24) is 0 Å². The highest BCUT2D eigenvalue weighted by Gasteiger charge is 2.30. The summed E-state index contributed by atoms with van der Waals surface area (Å²) in [6.45, 7) is 0. The Labute approximate surface area is 110 Å². The first-order valence-corrected chi connectivity index (χ1v) is 4.78. The van der Waals surface area contributed by atoms with E-state index in [1.165, 1.54) is 0 Å². The number of nitrogens with two attached hydrogens (primary N) is 1. The van der Waals surface area contributed by atoms with Crippen LogP contribution in [0, 0.1) is 23.3 Å². The van der Waals surface area contributed by atoms with Gasteiger partial charge in [0.1, 0.15) is 0 Å². The summed E-state index contributed by atoms with van der Waals surface area (Å²) in [5.74, 6) is -6.95. The van der Waals surface area contributed by atoms with Gasteiger partial charge in [-0.1, -0.05) is 0 Å². The van der Waals surface area contributed by atoms with Crippen LogP contribution in [0.25, 0.3) is 0 Å². The zero-order valence-electron chi connectivity index (χ0n) is 9.20. The van der Waals surface area contributed by atoms with E-state index in [4.69, 9.17) is 5.73 Å². The predicted octanol–water partition coefficient (Wildman–Crippen LogP) is 4.01. The van der Waals surface area contributed by atoms with Gasteiger partial charge in [0, 0.05) is 24.1 Å². The van der Waals surface area contributed by atoms with Gasteiger partial charge in [-0.15, -0.1) is 12.4 Å². The summed E-state index contributed by atoms with van der Waals surface area (Å²) in [6.07, 6.45) is -6.86. The molecule has 0 radical (unpaired) electrons. The van der Waals surface area contributed by atoms with Gasteiger partial charge in [0.25, 0.3) is 0 Å². The molecule has 19 heavy (non-hydrogen) atoms. The summed E-state index contributed by atoms with van der Waals surface area (Å²) >= 11 is 0. The van der Waals surface area contributed by atoms with Crippen molar-refractivity contribution in [2.24, 2.45) is 5.73 Å². The summed E-state index contributed by atoms with van der Waals surface area (Å²) in [5, 5.41) is 0. The zero-order chi connectivity index (χ0) is 14.1. The molecule has 0 aliphatic carbocycles. The molecule has 0 saturated heterocycles. The van der Waals surface area contributed by atoms with Crippen molar-refractivity contribution in [3.8, 4) is 0 Å². The molecule has 0 aliphatic heterocycles. The maximum atomic E-state index is 13.2. The average Bonchev–Trinajstić information content (AvgIpc) is 2.23. The fourth-order valence-electron chi connectivity index (χ4n) is 1.38. The fourth-order valence-corrected chi connectivity index (χ4v) is 1.38. The largest absolute Gasteiger partial charge is 0.389 e. The lowest BCUT2D eigenvalue weighted by molar-refractivity contribution is -0.136. The van der Waals surface area contributed by atoms with Crippen molar-refractivity contribution in [3.63, 3.8) is 0 Å². The molecule has 2 N–H and O–H groups in total. The molecule has 0 heterocycles. The maximum Gasteiger partial charge on any atom is 0.389 e. The first-order chi connectivity index (χ1) is 8.13. The minimum atomic E-state index is -4.57. The molecule has 1 aromatic carbocycles. The smallest absolute Gasteiger partial charge is 0.324 e. The van der Waals surface area contributed by atoms with Crippen LogP contribution in [0.4, 0.5) is 30.7 Å². The zero-order valence-corrected chi connectivity index (χ0v) is 10.0. The minimum Gasteiger partial charge on any atom is -0.324 e. The van der Waals surface area contributed by atoms with E-state index in [-0.39, 0.29) is 18.5 Å². The first kappa shape index (κ1) is 18.0. The number of hydrogen-bond donors (Lipinski definition) is 1. The molecule has 0 unspecified atom stereocenters. The highest BCUT2D eigenvalue weighted by molar-refractivity contribution is 5.85. The van der Waals surface area contributed by atoms with Crippen molar-refractivity contribution >= 4 is 12.4 Å². The fraction of sp³-hybridized carbons (Fsp3) is 0.400. The van der Waals surface area contributed by atoms with Crippen LogP contribution in [0.15, 0.2) is 6.07 Å². The highest BCUT2D eigenvalue weighted by Crippen LogP contribution is 2.30. The Hall–Kier alpha value is -1.02. The van der Waals surface area contributed by atoms with Crippen LogP contribution in [0.2, 0.25) is 0 Å². The van der Waals surface area contributed by atoms with E-state index in [0.717, 1.165) is 0 Å². The van der Waals surface area contributed by atoms with Crippen LogP contribution in [0.5, 0.6) is 0 Å². The topological polar surface area (TPSA) is 26.0 Å². The quantitative estimate of drug-likeness (QED) is 0.662. The normalized spacial score (nSPS) is 13.1. The van der Waals surface area contributed by atoms with Crippen LogP contribution in [0.1, 0.15) is 24.4 Å². The summed E-state index contributed by atoms with van der Waals surface area (Å²) < 4.78 is 87.6. The number of rotatable bonds is 3. The number of alkyl halides is 3. The highest BCUT2D eigenvalue weighted by atomic mass is 35.5. The molecule has 0 bridgehead atoms. The van der Waals surface area contributed by atoms with E-state index in [1.807, 2.05) is 0 Å². The van der Waals surface area contributed by atoms with Crippen molar-refractivity contribution < 1.29 is 30.7 Å². The minimum absolute atomic E-state index is 0.